The maximum Gasteiger partial charge on any atom is 0.337 e. The Hall–Kier alpha value is -2.25. The van der Waals surface area contributed by atoms with E-state index in [1.54, 1.807) is 18.2 Å². The van der Waals surface area contributed by atoms with Crippen molar-refractivity contribution < 1.29 is 9.53 Å². The summed E-state index contributed by atoms with van der Waals surface area (Å²) in [5.74, 6) is 0.0517. The van der Waals surface area contributed by atoms with E-state index >= 15 is 0 Å². The van der Waals surface area contributed by atoms with Gasteiger partial charge in [0.1, 0.15) is 0 Å². The Balaban J connectivity index is 1.83. The average Bonchev–Trinajstić information content (AvgIpc) is 3.16. The third kappa shape index (κ3) is 3.15. The Morgan fingerprint density at radius 1 is 1.36 bits per heavy atom. The summed E-state index contributed by atoms with van der Waals surface area (Å²) < 4.78 is 5.43. The van der Waals surface area contributed by atoms with Crippen LogP contribution in [0.5, 0.6) is 0 Å². The molecule has 0 amide bonds. The number of ether oxygens (including phenoxy) is 1. The summed E-state index contributed by atoms with van der Waals surface area (Å²) in [5.41, 5.74) is 1.15. The summed E-state index contributed by atoms with van der Waals surface area (Å²) in [5, 5.41) is 12.3. The van der Waals surface area contributed by atoms with Gasteiger partial charge in [0.2, 0.25) is 5.82 Å². The van der Waals surface area contributed by atoms with Crippen LogP contribution in [-0.2, 0) is 11.3 Å². The van der Waals surface area contributed by atoms with Crippen LogP contribution >= 0.6 is 22.9 Å². The minimum Gasteiger partial charge on any atom is -0.465 e. The van der Waals surface area contributed by atoms with Gasteiger partial charge in [-0.05, 0) is 29.5 Å². The molecule has 0 atom stereocenters. The van der Waals surface area contributed by atoms with Crippen LogP contribution < -0.4 is 0 Å². The van der Waals surface area contributed by atoms with Crippen molar-refractivity contribution in [1.82, 2.24) is 20.2 Å². The van der Waals surface area contributed by atoms with E-state index in [1.807, 2.05) is 18.2 Å². The number of carbonyl (C=O) groups excluding carboxylic acids is 1. The molecule has 112 valence electrons. The molecule has 0 unspecified atom stereocenters. The van der Waals surface area contributed by atoms with E-state index in [0.29, 0.717) is 23.5 Å². The normalized spacial score (nSPS) is 10.6. The molecule has 0 aliphatic carbocycles. The first-order valence-corrected chi connectivity index (χ1v) is 7.56. The lowest BCUT2D eigenvalue weighted by Gasteiger charge is -2.00. The molecule has 6 nitrogen and oxygen atoms in total. The van der Waals surface area contributed by atoms with Crippen LogP contribution in [0, 0.1) is 0 Å². The number of aromatic nitrogens is 4. The van der Waals surface area contributed by atoms with E-state index in [2.05, 4.69) is 15.4 Å². The van der Waals surface area contributed by atoms with E-state index in [-0.39, 0.29) is 0 Å². The van der Waals surface area contributed by atoms with Gasteiger partial charge in [-0.1, -0.05) is 23.7 Å². The van der Waals surface area contributed by atoms with Crippen molar-refractivity contribution >= 4 is 28.9 Å². The maximum atomic E-state index is 11.6. The number of benzene rings is 1. The van der Waals surface area contributed by atoms with Gasteiger partial charge < -0.3 is 4.74 Å². The number of rotatable bonds is 4. The zero-order valence-corrected chi connectivity index (χ0v) is 13.1. The molecule has 3 aromatic rings. The molecule has 0 saturated heterocycles. The second kappa shape index (κ2) is 6.25. The predicted octanol–water partition coefficient (Wildman–Crippen LogP) is 2.89. The molecule has 1 aromatic carbocycles. The summed E-state index contributed by atoms with van der Waals surface area (Å²) >= 11 is 7.37. The van der Waals surface area contributed by atoms with Crippen LogP contribution in [0.3, 0.4) is 0 Å². The number of hydrogen-bond acceptors (Lipinski definition) is 6. The van der Waals surface area contributed by atoms with Gasteiger partial charge in [-0.15, -0.1) is 21.5 Å². The van der Waals surface area contributed by atoms with Crippen molar-refractivity contribution in [3.63, 3.8) is 0 Å². The number of tetrazole rings is 1. The number of methoxy groups -OCH3 is 1. The van der Waals surface area contributed by atoms with Crippen molar-refractivity contribution in [3.05, 3.63) is 51.2 Å². The minimum absolute atomic E-state index is 0.400. The highest BCUT2D eigenvalue weighted by Crippen LogP contribution is 2.22. The third-order valence-electron chi connectivity index (χ3n) is 2.92. The smallest absolute Gasteiger partial charge is 0.337 e. The Morgan fingerprint density at radius 3 is 2.95 bits per heavy atom. The van der Waals surface area contributed by atoms with Gasteiger partial charge in [0.05, 0.1) is 23.6 Å². The van der Waals surface area contributed by atoms with Crippen molar-refractivity contribution in [2.45, 2.75) is 6.54 Å². The van der Waals surface area contributed by atoms with Gasteiger partial charge in [0, 0.05) is 10.4 Å². The number of nitrogens with zero attached hydrogens (tertiary/aromatic N) is 4. The quantitative estimate of drug-likeness (QED) is 0.686. The van der Waals surface area contributed by atoms with Crippen LogP contribution in [0.2, 0.25) is 4.34 Å². The highest BCUT2D eigenvalue weighted by molar-refractivity contribution is 7.16. The summed E-state index contributed by atoms with van der Waals surface area (Å²) in [7, 11) is 1.34. The maximum absolute atomic E-state index is 11.6. The van der Waals surface area contributed by atoms with Crippen LogP contribution in [0.25, 0.3) is 11.4 Å². The van der Waals surface area contributed by atoms with E-state index in [4.69, 9.17) is 16.3 Å². The number of hydrogen-bond donors (Lipinski definition) is 0. The molecule has 22 heavy (non-hydrogen) atoms. The Bertz CT molecular complexity index is 815. The molecular formula is C14H11ClN4O2S. The second-order valence-corrected chi connectivity index (χ2v) is 6.22. The van der Waals surface area contributed by atoms with Crippen molar-refractivity contribution in [2.75, 3.05) is 7.11 Å². The molecule has 0 bridgehead atoms. The first-order chi connectivity index (χ1) is 10.7. The van der Waals surface area contributed by atoms with Gasteiger partial charge in [0.15, 0.2) is 0 Å². The summed E-state index contributed by atoms with van der Waals surface area (Å²) in [6, 6.07) is 10.7. The molecule has 0 saturated carbocycles. The van der Waals surface area contributed by atoms with Crippen LogP contribution in [-0.4, -0.2) is 33.3 Å². The number of carbonyl (C=O) groups is 1. The van der Waals surface area contributed by atoms with Crippen LogP contribution in [0.1, 0.15) is 15.2 Å². The van der Waals surface area contributed by atoms with Crippen molar-refractivity contribution in [3.8, 4) is 11.4 Å². The first kappa shape index (κ1) is 14.7. The summed E-state index contributed by atoms with van der Waals surface area (Å²) in [6.45, 7) is 0.501. The standard InChI is InChI=1S/C14H11ClN4O2S/c1-21-14(20)10-4-2-3-9(7-10)13-16-18-19(17-13)8-11-5-6-12(15)22-11/h2-7H,8H2,1H3. The van der Waals surface area contributed by atoms with Gasteiger partial charge in [0.25, 0.3) is 0 Å². The topological polar surface area (TPSA) is 69.9 Å². The second-order valence-electron chi connectivity index (χ2n) is 4.42. The zero-order valence-electron chi connectivity index (χ0n) is 11.6. The molecule has 0 N–H and O–H groups in total. The fourth-order valence-electron chi connectivity index (χ4n) is 1.90. The van der Waals surface area contributed by atoms with E-state index in [1.165, 1.54) is 23.2 Å². The van der Waals surface area contributed by atoms with Crippen LogP contribution in [0.15, 0.2) is 36.4 Å². The molecule has 2 aromatic heterocycles. The molecule has 0 spiro atoms. The van der Waals surface area contributed by atoms with Gasteiger partial charge >= 0.3 is 5.97 Å². The monoisotopic (exact) mass is 334 g/mol. The molecule has 0 radical (unpaired) electrons. The molecule has 0 fully saturated rings. The predicted molar refractivity (Wildman–Crippen MR) is 83.0 cm³/mol. The largest absolute Gasteiger partial charge is 0.465 e. The Kier molecular flexibility index (Phi) is 4.17. The van der Waals surface area contributed by atoms with E-state index < -0.39 is 5.97 Å². The highest BCUT2D eigenvalue weighted by atomic mass is 35.5. The Morgan fingerprint density at radius 2 is 2.23 bits per heavy atom. The Labute approximate surface area is 135 Å². The molecule has 2 heterocycles. The lowest BCUT2D eigenvalue weighted by molar-refractivity contribution is 0.0601. The fourth-order valence-corrected chi connectivity index (χ4v) is 2.97. The number of esters is 1. The highest BCUT2D eigenvalue weighted by Gasteiger charge is 2.11. The van der Waals surface area contributed by atoms with Gasteiger partial charge in [-0.25, -0.2) is 4.79 Å². The summed E-state index contributed by atoms with van der Waals surface area (Å²) in [6.07, 6.45) is 0. The minimum atomic E-state index is -0.400. The van der Waals surface area contributed by atoms with E-state index in [9.17, 15) is 4.79 Å². The third-order valence-corrected chi connectivity index (χ3v) is 4.14. The van der Waals surface area contributed by atoms with Crippen molar-refractivity contribution in [2.24, 2.45) is 0 Å². The molecule has 0 aliphatic rings. The lowest BCUT2D eigenvalue weighted by Crippen LogP contribution is -2.02. The fraction of sp³-hybridized carbons (Fsp3) is 0.143. The molecule has 8 heteroatoms. The zero-order chi connectivity index (χ0) is 15.5. The first-order valence-electron chi connectivity index (χ1n) is 6.36. The number of thiophene rings is 1. The summed E-state index contributed by atoms with van der Waals surface area (Å²) in [4.78, 5) is 14.1. The lowest BCUT2D eigenvalue weighted by atomic mass is 10.1. The van der Waals surface area contributed by atoms with Crippen molar-refractivity contribution in [1.29, 1.82) is 0 Å². The molecular weight excluding hydrogens is 324 g/mol. The van der Waals surface area contributed by atoms with E-state index in [0.717, 1.165) is 9.21 Å². The van der Waals surface area contributed by atoms with Crippen LogP contribution in [0.4, 0.5) is 0 Å². The molecule has 3 rings (SSSR count). The van der Waals surface area contributed by atoms with Gasteiger partial charge in [-0.2, -0.15) is 4.80 Å². The average molecular weight is 335 g/mol. The molecule has 0 aliphatic heterocycles. The SMILES string of the molecule is COC(=O)c1cccc(-c2nnn(Cc3ccc(Cl)s3)n2)c1. The van der Waals surface area contributed by atoms with Gasteiger partial charge in [-0.3, -0.25) is 0 Å². The number of halogens is 1.